The minimum Gasteiger partial charge on any atom is -0.503 e. The van der Waals surface area contributed by atoms with Gasteiger partial charge in [-0.3, -0.25) is 19.1 Å². The van der Waals surface area contributed by atoms with Gasteiger partial charge in [-0.2, -0.15) is 5.10 Å². The van der Waals surface area contributed by atoms with E-state index in [1.54, 1.807) is 45.3 Å². The Morgan fingerprint density at radius 1 is 0.940 bits per heavy atom. The van der Waals surface area contributed by atoms with Crippen molar-refractivity contribution in [2.24, 2.45) is 25.4 Å². The number of rotatable bonds is 9. The van der Waals surface area contributed by atoms with Crippen LogP contribution in [0.5, 0.6) is 23.0 Å². The van der Waals surface area contributed by atoms with Crippen LogP contribution in [-0.2, 0) is 43.2 Å². The van der Waals surface area contributed by atoms with Crippen LogP contribution in [0.1, 0.15) is 42.1 Å². The topological polar surface area (TPSA) is 187 Å². The van der Waals surface area contributed by atoms with Gasteiger partial charge >= 0.3 is 11.4 Å². The van der Waals surface area contributed by atoms with Gasteiger partial charge in [0.1, 0.15) is 17.2 Å². The first-order valence-corrected chi connectivity index (χ1v) is 23.8. The van der Waals surface area contributed by atoms with E-state index in [2.05, 4.69) is 36.8 Å². The molecule has 0 spiro atoms. The van der Waals surface area contributed by atoms with Gasteiger partial charge in [0.25, 0.3) is 5.56 Å². The van der Waals surface area contributed by atoms with Crippen molar-refractivity contribution < 1.29 is 28.9 Å². The lowest BCUT2D eigenvalue weighted by molar-refractivity contribution is -0.129. The van der Waals surface area contributed by atoms with E-state index >= 15 is 9.59 Å². The number of aryl methyl sites for hydroxylation is 4. The highest BCUT2D eigenvalue weighted by Gasteiger charge is 2.66. The van der Waals surface area contributed by atoms with E-state index in [0.29, 0.717) is 48.9 Å². The van der Waals surface area contributed by atoms with Crippen LogP contribution in [0.3, 0.4) is 0 Å². The third-order valence-electron chi connectivity index (χ3n) is 13.8. The molecule has 17 nitrogen and oxygen atoms in total. The Morgan fingerprint density at radius 2 is 1.66 bits per heavy atom. The van der Waals surface area contributed by atoms with Crippen molar-refractivity contribution in [2.45, 2.75) is 51.7 Å². The maximum absolute atomic E-state index is 15.4. The Balaban J connectivity index is 1.07. The Morgan fingerprint density at radius 3 is 2.37 bits per heavy atom. The number of benzene rings is 3. The number of nitrogens with zero attached hydrogens (tertiary/aromatic N) is 8. The van der Waals surface area contributed by atoms with Crippen LogP contribution >= 0.6 is 54.8 Å². The molecule has 0 bridgehead atoms. The predicted octanol–water partition coefficient (Wildman–Crippen LogP) is 7.00. The Hall–Kier alpha value is -5.96. The molecule has 1 aliphatic carbocycles. The van der Waals surface area contributed by atoms with E-state index in [4.69, 9.17) is 30.9 Å². The zero-order valence-electron chi connectivity index (χ0n) is 37.0. The number of amides is 2. The smallest absolute Gasteiger partial charge is 0.347 e. The van der Waals surface area contributed by atoms with E-state index in [0.717, 1.165) is 25.1 Å². The first-order chi connectivity index (χ1) is 31.9. The van der Waals surface area contributed by atoms with Crippen LogP contribution in [0.25, 0.3) is 31.7 Å². The summed E-state index contributed by atoms with van der Waals surface area (Å²) >= 11 is 15.1. The monoisotopic (exact) mass is 1070 g/mol. The maximum atomic E-state index is 15.4. The highest BCUT2D eigenvalue weighted by molar-refractivity contribution is 9.13. The fourth-order valence-electron chi connectivity index (χ4n) is 10.4. The lowest BCUT2D eigenvalue weighted by atomic mass is 9.56. The molecule has 2 aliphatic heterocycles. The number of aromatic nitrogens is 7. The number of anilines is 1. The average molecular weight is 1080 g/mol. The summed E-state index contributed by atoms with van der Waals surface area (Å²) in [7, 11) is 7.68. The first-order valence-electron chi connectivity index (χ1n) is 21.0. The highest BCUT2D eigenvalue weighted by Crippen LogP contribution is 2.63. The van der Waals surface area contributed by atoms with Gasteiger partial charge in [-0.05, 0) is 98.5 Å². The summed E-state index contributed by atoms with van der Waals surface area (Å²) in [6.07, 6.45) is 1.78. The third kappa shape index (κ3) is 6.45. The Labute approximate surface area is 406 Å². The van der Waals surface area contributed by atoms with Gasteiger partial charge in [-0.15, -0.1) is 11.3 Å². The SMILES string of the molecule is COc1cc2nc(CCn3c(=O)n4n(c3=O)C3CC5C(=O)N(c6cc(-c7sc8ccc(Cl)cc8c7C)nn6C)C(=O)C5(C)C(c5cc(OC)c(O)c(Br)c5Br)C3=CC4)c(=O)n(C)c2cc1OC. The van der Waals surface area contributed by atoms with Crippen molar-refractivity contribution in [3.05, 3.63) is 116 Å². The molecule has 2 amide bonds. The normalized spacial score (nSPS) is 20.1. The van der Waals surface area contributed by atoms with E-state index in [9.17, 15) is 19.5 Å². The largest absolute Gasteiger partial charge is 0.503 e. The van der Waals surface area contributed by atoms with Crippen LogP contribution in [0, 0.1) is 18.3 Å². The summed E-state index contributed by atoms with van der Waals surface area (Å²) in [6.45, 7) is 3.53. The molecule has 1 N–H and O–H groups in total. The molecular formula is C46H41Br2ClN8O9S. The number of carbonyl (C=O) groups is 2. The molecule has 1 saturated carbocycles. The lowest BCUT2D eigenvalue weighted by Gasteiger charge is -2.47. The van der Waals surface area contributed by atoms with E-state index in [1.165, 1.54) is 56.2 Å². The summed E-state index contributed by atoms with van der Waals surface area (Å²) in [5.41, 5.74) is 0.631. The van der Waals surface area contributed by atoms with Crippen molar-refractivity contribution in [2.75, 3.05) is 26.2 Å². The highest BCUT2D eigenvalue weighted by atomic mass is 79.9. The second kappa shape index (κ2) is 16.1. The number of allylic oxidation sites excluding steroid dienone is 2. The molecule has 7 aromatic rings. The van der Waals surface area contributed by atoms with Gasteiger partial charge in [-0.1, -0.05) is 17.7 Å². The summed E-state index contributed by atoms with van der Waals surface area (Å²) in [4.78, 5) is 79.9. The number of aromatic hydroxyl groups is 1. The minimum atomic E-state index is -1.46. The van der Waals surface area contributed by atoms with Crippen molar-refractivity contribution in [1.29, 1.82) is 0 Å². The van der Waals surface area contributed by atoms with Crippen molar-refractivity contribution in [3.8, 4) is 33.6 Å². The Bertz CT molecular complexity index is 3550. The zero-order valence-corrected chi connectivity index (χ0v) is 41.8. The third-order valence-corrected chi connectivity index (χ3v) is 17.4. The molecule has 2 fully saturated rings. The summed E-state index contributed by atoms with van der Waals surface area (Å²) in [6, 6.07) is 11.5. The molecule has 3 aromatic carbocycles. The molecule has 10 rings (SSSR count). The van der Waals surface area contributed by atoms with E-state index in [-0.39, 0.29) is 53.4 Å². The number of thiophene rings is 1. The predicted molar refractivity (Wildman–Crippen MR) is 259 cm³/mol. The molecule has 4 atom stereocenters. The van der Waals surface area contributed by atoms with Gasteiger partial charge in [-0.25, -0.2) is 33.4 Å². The number of carbonyl (C=O) groups excluding carboxylic acids is 2. The average Bonchev–Trinajstić information content (AvgIpc) is 3.98. The van der Waals surface area contributed by atoms with E-state index < -0.39 is 52.0 Å². The molecule has 4 aromatic heterocycles. The van der Waals surface area contributed by atoms with Crippen LogP contribution in [0.4, 0.5) is 5.82 Å². The fourth-order valence-corrected chi connectivity index (χ4v) is 12.6. The van der Waals surface area contributed by atoms with Crippen molar-refractivity contribution >= 4 is 93.5 Å². The Kier molecular flexibility index (Phi) is 10.8. The molecule has 21 heteroatoms. The molecule has 1 saturated heterocycles. The second-order valence-electron chi connectivity index (χ2n) is 17.1. The quantitative estimate of drug-likeness (QED) is 0.116. The fraction of sp³-hybridized carbons (Fsp3) is 0.326. The molecule has 3 aliphatic rings. The first kappa shape index (κ1) is 44.9. The van der Waals surface area contributed by atoms with Gasteiger partial charge < -0.3 is 23.9 Å². The molecule has 67 heavy (non-hydrogen) atoms. The molecular weight excluding hydrogens is 1040 g/mol. The van der Waals surface area contributed by atoms with Crippen LogP contribution in [0.15, 0.2) is 77.4 Å². The summed E-state index contributed by atoms with van der Waals surface area (Å²) in [5, 5.41) is 17.4. The number of hydrogen-bond acceptors (Lipinski definition) is 12. The molecule has 6 heterocycles. The zero-order chi connectivity index (χ0) is 47.7. The second-order valence-corrected chi connectivity index (χ2v) is 20.1. The molecule has 4 unspecified atom stereocenters. The van der Waals surface area contributed by atoms with Gasteiger partial charge in [0, 0.05) is 65.4 Å². The molecule has 346 valence electrons. The van der Waals surface area contributed by atoms with Crippen LogP contribution in [-0.4, -0.2) is 71.5 Å². The van der Waals surface area contributed by atoms with Crippen molar-refractivity contribution in [3.63, 3.8) is 0 Å². The number of imide groups is 1. The number of ether oxygens (including phenoxy) is 3. The van der Waals surface area contributed by atoms with Crippen LogP contribution in [0.2, 0.25) is 5.02 Å². The molecule has 0 radical (unpaired) electrons. The number of phenolic OH excluding ortho intramolecular Hbond substituents is 1. The number of methoxy groups -OCH3 is 3. The standard InChI is InChI=1S/C46H41Br2ClN8O9S/c1-20-23-14-21(49)8-9-34(23)67-40(20)28-18-35(53(4)51-28)56-41(59)25-16-29-22(36(46(25,2)43(56)61)24-15-33(66-7)39(58)38(48)37(24)47)10-13-55-44(62)54(45(63)57(29)55)12-11-26-42(60)52(3)30-19-32(65-6)31(64-5)17-27(30)50-26/h8-10,14-15,17-19,25,29,36,58H,11-13,16H2,1-7H3. The number of hydrogen-bond donors (Lipinski definition) is 1. The number of fused-ring (bicyclic) bond motifs is 6. The minimum absolute atomic E-state index is 0.00374. The lowest BCUT2D eigenvalue weighted by Crippen LogP contribution is -2.49. The summed E-state index contributed by atoms with van der Waals surface area (Å²) in [5.74, 6) is -1.84. The van der Waals surface area contributed by atoms with E-state index in [1.807, 2.05) is 31.2 Å². The van der Waals surface area contributed by atoms with Gasteiger partial charge in [0.15, 0.2) is 23.0 Å². The van der Waals surface area contributed by atoms with Gasteiger partial charge in [0.2, 0.25) is 11.8 Å². The van der Waals surface area contributed by atoms with Gasteiger partial charge in [0.05, 0.1) is 65.6 Å². The maximum Gasteiger partial charge on any atom is 0.347 e. The number of phenols is 1. The summed E-state index contributed by atoms with van der Waals surface area (Å²) < 4.78 is 24.9. The van der Waals surface area contributed by atoms with Crippen molar-refractivity contribution in [1.82, 2.24) is 33.3 Å². The number of halogens is 3. The van der Waals surface area contributed by atoms with Crippen LogP contribution < -0.4 is 36.0 Å².